The molecule has 1 fully saturated rings. The summed E-state index contributed by atoms with van der Waals surface area (Å²) in [5.74, 6) is -0.334. The molecule has 0 radical (unpaired) electrons. The zero-order chi connectivity index (χ0) is 16.1. The average molecular weight is 334 g/mol. The maximum Gasteiger partial charge on any atom is 0.271 e. The molecule has 3 rings (SSSR count). The van der Waals surface area contributed by atoms with Gasteiger partial charge < -0.3 is 10.2 Å². The summed E-state index contributed by atoms with van der Waals surface area (Å²) < 4.78 is 1.41. The van der Waals surface area contributed by atoms with Crippen molar-refractivity contribution in [2.75, 3.05) is 26.2 Å². The first-order chi connectivity index (χ1) is 11.3. The molecular formula is C16H22N4O2S. The minimum Gasteiger partial charge on any atom is -0.352 e. The molecule has 1 saturated heterocycles. The van der Waals surface area contributed by atoms with Gasteiger partial charge in [0.25, 0.3) is 11.5 Å². The van der Waals surface area contributed by atoms with Crippen LogP contribution in [0.1, 0.15) is 42.5 Å². The van der Waals surface area contributed by atoms with Crippen molar-refractivity contribution in [1.82, 2.24) is 19.6 Å². The number of hydrogen-bond acceptors (Lipinski definition) is 5. The molecule has 0 aliphatic carbocycles. The molecule has 0 bridgehead atoms. The summed E-state index contributed by atoms with van der Waals surface area (Å²) in [4.78, 5) is 31.6. The summed E-state index contributed by atoms with van der Waals surface area (Å²) in [7, 11) is 0. The topological polar surface area (TPSA) is 66.7 Å². The highest BCUT2D eigenvalue weighted by molar-refractivity contribution is 7.15. The van der Waals surface area contributed by atoms with Crippen molar-refractivity contribution < 1.29 is 4.79 Å². The molecule has 7 heteroatoms. The minimum atomic E-state index is -0.334. The fourth-order valence-corrected chi connectivity index (χ4v) is 3.62. The third kappa shape index (κ3) is 3.97. The molecule has 0 unspecified atom stereocenters. The van der Waals surface area contributed by atoms with Crippen LogP contribution in [0.4, 0.5) is 0 Å². The molecule has 2 aromatic rings. The molecule has 1 amide bonds. The van der Waals surface area contributed by atoms with Crippen LogP contribution in [0.25, 0.3) is 4.96 Å². The first-order valence-electron chi connectivity index (χ1n) is 8.21. The van der Waals surface area contributed by atoms with Gasteiger partial charge in [0, 0.05) is 24.3 Å². The second-order valence-electron chi connectivity index (χ2n) is 5.90. The lowest BCUT2D eigenvalue weighted by atomic mass is 10.2. The highest BCUT2D eigenvalue weighted by Gasteiger charge is 2.13. The first-order valence-corrected chi connectivity index (χ1v) is 9.09. The van der Waals surface area contributed by atoms with Crippen LogP contribution >= 0.6 is 11.3 Å². The highest BCUT2D eigenvalue weighted by atomic mass is 32.1. The lowest BCUT2D eigenvalue weighted by Crippen LogP contribution is -2.33. The van der Waals surface area contributed by atoms with Gasteiger partial charge in [0.2, 0.25) is 0 Å². The fourth-order valence-electron chi connectivity index (χ4n) is 2.94. The lowest BCUT2D eigenvalue weighted by Gasteiger charge is -2.19. The zero-order valence-corrected chi connectivity index (χ0v) is 14.0. The van der Waals surface area contributed by atoms with Gasteiger partial charge in [0.1, 0.15) is 5.56 Å². The third-order valence-corrected chi connectivity index (χ3v) is 4.99. The van der Waals surface area contributed by atoms with Gasteiger partial charge in [-0.15, -0.1) is 11.3 Å². The highest BCUT2D eigenvalue weighted by Crippen LogP contribution is 2.09. The number of aromatic nitrogens is 2. The van der Waals surface area contributed by atoms with Crippen LogP contribution < -0.4 is 10.9 Å². The van der Waals surface area contributed by atoms with Gasteiger partial charge >= 0.3 is 0 Å². The molecule has 2 aromatic heterocycles. The average Bonchev–Trinajstić information content (AvgIpc) is 2.89. The summed E-state index contributed by atoms with van der Waals surface area (Å²) in [6.07, 6.45) is 9.13. The second kappa shape index (κ2) is 7.70. The van der Waals surface area contributed by atoms with Crippen LogP contribution in [0.15, 0.2) is 22.6 Å². The molecule has 1 N–H and O–H groups in total. The minimum absolute atomic E-state index is 0.107. The van der Waals surface area contributed by atoms with Gasteiger partial charge in [-0.05, 0) is 38.9 Å². The predicted molar refractivity (Wildman–Crippen MR) is 91.2 cm³/mol. The number of rotatable bonds is 5. The quantitative estimate of drug-likeness (QED) is 0.846. The monoisotopic (exact) mass is 334 g/mol. The van der Waals surface area contributed by atoms with E-state index in [1.807, 2.05) is 0 Å². The maximum absolute atomic E-state index is 12.2. The van der Waals surface area contributed by atoms with Crippen molar-refractivity contribution in [3.8, 4) is 0 Å². The van der Waals surface area contributed by atoms with Crippen molar-refractivity contribution >= 4 is 22.2 Å². The Hall–Kier alpha value is -1.73. The van der Waals surface area contributed by atoms with Crippen molar-refractivity contribution in [3.05, 3.63) is 33.7 Å². The van der Waals surface area contributed by atoms with Crippen LogP contribution in [0, 0.1) is 0 Å². The Morgan fingerprint density at radius 1 is 1.26 bits per heavy atom. The van der Waals surface area contributed by atoms with Crippen molar-refractivity contribution in [2.45, 2.75) is 32.1 Å². The van der Waals surface area contributed by atoms with Crippen molar-refractivity contribution in [2.24, 2.45) is 0 Å². The number of likely N-dealkylation sites (tertiary alicyclic amines) is 1. The fraction of sp³-hybridized carbons (Fsp3) is 0.562. The van der Waals surface area contributed by atoms with Crippen LogP contribution in [-0.4, -0.2) is 46.4 Å². The number of nitrogens with zero attached hydrogens (tertiary/aromatic N) is 3. The Labute approximate surface area is 139 Å². The summed E-state index contributed by atoms with van der Waals surface area (Å²) in [5, 5.41) is 4.62. The summed E-state index contributed by atoms with van der Waals surface area (Å²) in [6.45, 7) is 3.91. The van der Waals surface area contributed by atoms with E-state index >= 15 is 0 Å². The Balaban J connectivity index is 1.50. The van der Waals surface area contributed by atoms with Crippen LogP contribution in [0.5, 0.6) is 0 Å². The number of carbonyl (C=O) groups is 1. The summed E-state index contributed by atoms with van der Waals surface area (Å²) in [5.41, 5.74) is -0.197. The number of amides is 1. The Bertz CT molecular complexity index is 716. The van der Waals surface area contributed by atoms with E-state index < -0.39 is 0 Å². The molecule has 0 spiro atoms. The van der Waals surface area contributed by atoms with Gasteiger partial charge in [0.05, 0.1) is 0 Å². The molecule has 23 heavy (non-hydrogen) atoms. The van der Waals surface area contributed by atoms with E-state index in [4.69, 9.17) is 0 Å². The first kappa shape index (κ1) is 16.1. The molecule has 0 saturated carbocycles. The Morgan fingerprint density at radius 2 is 2.04 bits per heavy atom. The summed E-state index contributed by atoms with van der Waals surface area (Å²) in [6, 6.07) is 0. The molecule has 0 atom stereocenters. The van der Waals surface area contributed by atoms with Gasteiger partial charge in [-0.2, -0.15) is 0 Å². The van der Waals surface area contributed by atoms with Gasteiger partial charge in [-0.1, -0.05) is 12.8 Å². The van der Waals surface area contributed by atoms with Crippen LogP contribution in [0.3, 0.4) is 0 Å². The van der Waals surface area contributed by atoms with Gasteiger partial charge in [-0.25, -0.2) is 4.98 Å². The smallest absolute Gasteiger partial charge is 0.271 e. The van der Waals surface area contributed by atoms with Crippen molar-refractivity contribution in [1.29, 1.82) is 0 Å². The normalized spacial score (nSPS) is 16.3. The maximum atomic E-state index is 12.2. The molecule has 6 nitrogen and oxygen atoms in total. The number of hydrogen-bond donors (Lipinski definition) is 1. The lowest BCUT2D eigenvalue weighted by molar-refractivity contribution is 0.0949. The van der Waals surface area contributed by atoms with E-state index in [0.717, 1.165) is 26.1 Å². The third-order valence-electron chi connectivity index (χ3n) is 4.22. The van der Waals surface area contributed by atoms with Crippen molar-refractivity contribution in [3.63, 3.8) is 0 Å². The summed E-state index contributed by atoms with van der Waals surface area (Å²) >= 11 is 1.38. The van der Waals surface area contributed by atoms with E-state index in [9.17, 15) is 9.59 Å². The largest absolute Gasteiger partial charge is 0.352 e. The van der Waals surface area contributed by atoms with E-state index in [1.165, 1.54) is 47.6 Å². The molecule has 1 aliphatic heterocycles. The number of thiazole rings is 1. The second-order valence-corrected chi connectivity index (χ2v) is 6.77. The standard InChI is InChI=1S/C16H22N4O2S/c21-14(13-12-18-16-20(15(13)22)10-11-23-16)17-6-5-9-19-7-3-1-2-4-8-19/h10-12H,1-9H2,(H,17,21). The van der Waals surface area contributed by atoms with E-state index in [0.29, 0.717) is 11.5 Å². The Morgan fingerprint density at radius 3 is 2.83 bits per heavy atom. The molecule has 1 aliphatic rings. The Kier molecular flexibility index (Phi) is 5.40. The zero-order valence-electron chi connectivity index (χ0n) is 13.2. The van der Waals surface area contributed by atoms with E-state index in [-0.39, 0.29) is 17.0 Å². The molecule has 124 valence electrons. The van der Waals surface area contributed by atoms with Crippen LogP contribution in [-0.2, 0) is 0 Å². The number of nitrogens with one attached hydrogen (secondary N) is 1. The number of carbonyl (C=O) groups excluding carboxylic acids is 1. The predicted octanol–water partition coefficient (Wildman–Crippen LogP) is 1.75. The SMILES string of the molecule is O=C(NCCCN1CCCCCC1)c1cnc2sccn2c1=O. The molecular weight excluding hydrogens is 312 g/mol. The van der Waals surface area contributed by atoms with Gasteiger partial charge in [-0.3, -0.25) is 14.0 Å². The number of fused-ring (bicyclic) bond motifs is 1. The van der Waals surface area contributed by atoms with E-state index in [2.05, 4.69) is 15.2 Å². The molecule has 0 aromatic carbocycles. The van der Waals surface area contributed by atoms with Crippen LogP contribution in [0.2, 0.25) is 0 Å². The van der Waals surface area contributed by atoms with E-state index in [1.54, 1.807) is 11.6 Å². The molecule has 3 heterocycles. The van der Waals surface area contributed by atoms with Gasteiger partial charge in [0.15, 0.2) is 4.96 Å².